The number of rotatable bonds is 5. The first-order valence-electron chi connectivity index (χ1n) is 10.9. The van der Waals surface area contributed by atoms with Crippen LogP contribution in [0.2, 0.25) is 0 Å². The van der Waals surface area contributed by atoms with Crippen molar-refractivity contribution in [3.8, 4) is 5.69 Å². The molecule has 164 valence electrons. The average molecular weight is 463 g/mol. The monoisotopic (exact) mass is 462 g/mol. The van der Waals surface area contributed by atoms with E-state index in [4.69, 9.17) is 9.72 Å². The van der Waals surface area contributed by atoms with Crippen LogP contribution in [0.5, 0.6) is 0 Å². The van der Waals surface area contributed by atoms with Crippen molar-refractivity contribution in [3.63, 3.8) is 0 Å². The molecule has 5 rings (SSSR count). The molecule has 0 bridgehead atoms. The highest BCUT2D eigenvalue weighted by atomic mass is 32.2. The van der Waals surface area contributed by atoms with E-state index >= 15 is 0 Å². The van der Waals surface area contributed by atoms with Gasteiger partial charge in [0.15, 0.2) is 5.16 Å². The van der Waals surface area contributed by atoms with E-state index in [1.165, 1.54) is 5.56 Å². The summed E-state index contributed by atoms with van der Waals surface area (Å²) in [6, 6.07) is 18.4. The molecule has 0 spiro atoms. The van der Waals surface area contributed by atoms with Gasteiger partial charge in [0, 0.05) is 17.1 Å². The van der Waals surface area contributed by atoms with Crippen LogP contribution in [0.1, 0.15) is 35.4 Å². The fourth-order valence-corrected chi connectivity index (χ4v) is 6.31. The van der Waals surface area contributed by atoms with E-state index in [1.807, 2.05) is 54.0 Å². The molecule has 0 radical (unpaired) electrons. The molecule has 2 aromatic carbocycles. The van der Waals surface area contributed by atoms with Crippen LogP contribution in [0.3, 0.4) is 0 Å². The van der Waals surface area contributed by atoms with Crippen LogP contribution in [-0.2, 0) is 23.5 Å². The van der Waals surface area contributed by atoms with Gasteiger partial charge in [0.25, 0.3) is 5.56 Å². The Morgan fingerprint density at radius 1 is 1.16 bits per heavy atom. The molecule has 0 unspecified atom stereocenters. The molecule has 0 N–H and O–H groups in total. The zero-order chi connectivity index (χ0) is 22.2. The van der Waals surface area contributed by atoms with Crippen LogP contribution in [-0.4, -0.2) is 15.7 Å². The zero-order valence-corrected chi connectivity index (χ0v) is 20.1. The van der Waals surface area contributed by atoms with Crippen LogP contribution >= 0.6 is 23.1 Å². The minimum Gasteiger partial charge on any atom is -0.372 e. The molecule has 4 aromatic rings. The molecular weight excluding hydrogens is 436 g/mol. The minimum atomic E-state index is 0.0294. The summed E-state index contributed by atoms with van der Waals surface area (Å²) in [6.07, 6.45) is 0.910. The number of ether oxygens (including phenoxy) is 1. The predicted molar refractivity (Wildman–Crippen MR) is 133 cm³/mol. The normalized spacial score (nSPS) is 15.9. The summed E-state index contributed by atoms with van der Waals surface area (Å²) in [6.45, 7) is 6.96. The summed E-state index contributed by atoms with van der Waals surface area (Å²) in [5.41, 5.74) is 4.33. The quantitative estimate of drug-likeness (QED) is 0.264. The van der Waals surface area contributed by atoms with Gasteiger partial charge in [-0.1, -0.05) is 74.1 Å². The van der Waals surface area contributed by atoms with Crippen molar-refractivity contribution in [2.75, 3.05) is 0 Å². The number of nitrogens with zero attached hydrogens (tertiary/aromatic N) is 2. The average Bonchev–Trinajstić information content (AvgIpc) is 3.17. The Hall–Kier alpha value is -2.41. The van der Waals surface area contributed by atoms with Crippen molar-refractivity contribution < 1.29 is 4.74 Å². The van der Waals surface area contributed by atoms with E-state index < -0.39 is 0 Å². The van der Waals surface area contributed by atoms with Crippen molar-refractivity contribution in [2.24, 2.45) is 5.92 Å². The molecule has 32 heavy (non-hydrogen) atoms. The SMILES string of the molecule is Cc1ccccc1-n1c(SCc2ccccc2)nc2sc3c(c2c1=O)C[C@H](C(C)C)OC3. The van der Waals surface area contributed by atoms with Crippen LogP contribution < -0.4 is 5.56 Å². The molecule has 0 fully saturated rings. The lowest BCUT2D eigenvalue weighted by Gasteiger charge is -2.26. The van der Waals surface area contributed by atoms with E-state index in [0.29, 0.717) is 12.5 Å². The number of benzene rings is 2. The lowest BCUT2D eigenvalue weighted by molar-refractivity contribution is 0.00200. The third-order valence-corrected chi connectivity index (χ3v) is 8.13. The van der Waals surface area contributed by atoms with Gasteiger partial charge in [-0.3, -0.25) is 9.36 Å². The molecule has 2 aromatic heterocycles. The van der Waals surface area contributed by atoms with Gasteiger partial charge in [-0.05, 0) is 35.6 Å². The highest BCUT2D eigenvalue weighted by Gasteiger charge is 2.29. The second kappa shape index (κ2) is 8.85. The Morgan fingerprint density at radius 3 is 2.66 bits per heavy atom. The first-order chi connectivity index (χ1) is 15.5. The number of thioether (sulfide) groups is 1. The fraction of sp³-hybridized carbons (Fsp3) is 0.308. The predicted octanol–water partition coefficient (Wildman–Crippen LogP) is 6.15. The summed E-state index contributed by atoms with van der Waals surface area (Å²) in [7, 11) is 0. The molecular formula is C26H26N2O2S2. The van der Waals surface area contributed by atoms with E-state index in [1.54, 1.807) is 23.1 Å². The van der Waals surface area contributed by atoms with Gasteiger partial charge in [0.05, 0.1) is 23.8 Å². The smallest absolute Gasteiger partial charge is 0.267 e. The number of hydrogen-bond donors (Lipinski definition) is 0. The lowest BCUT2D eigenvalue weighted by Crippen LogP contribution is -2.28. The molecule has 4 nitrogen and oxygen atoms in total. The molecule has 0 amide bonds. The molecule has 0 saturated carbocycles. The van der Waals surface area contributed by atoms with Crippen molar-refractivity contribution in [2.45, 2.75) is 50.8 Å². The van der Waals surface area contributed by atoms with E-state index in [9.17, 15) is 4.79 Å². The maximum Gasteiger partial charge on any atom is 0.267 e. The number of aryl methyl sites for hydroxylation is 1. The van der Waals surface area contributed by atoms with E-state index in [0.717, 1.165) is 49.2 Å². The first kappa shape index (κ1) is 21.4. The van der Waals surface area contributed by atoms with Gasteiger partial charge >= 0.3 is 0 Å². The van der Waals surface area contributed by atoms with Gasteiger partial charge in [0.2, 0.25) is 0 Å². The van der Waals surface area contributed by atoms with Crippen molar-refractivity contribution in [1.82, 2.24) is 9.55 Å². The van der Waals surface area contributed by atoms with Crippen LogP contribution in [0.4, 0.5) is 0 Å². The first-order valence-corrected chi connectivity index (χ1v) is 12.7. The lowest BCUT2D eigenvalue weighted by atomic mass is 9.96. The Labute approximate surface area is 196 Å². The van der Waals surface area contributed by atoms with Crippen molar-refractivity contribution in [1.29, 1.82) is 0 Å². The van der Waals surface area contributed by atoms with Gasteiger partial charge in [-0.2, -0.15) is 0 Å². The molecule has 6 heteroatoms. The Bertz CT molecular complexity index is 1330. The molecule has 1 atom stereocenters. The van der Waals surface area contributed by atoms with E-state index in [-0.39, 0.29) is 11.7 Å². The van der Waals surface area contributed by atoms with Gasteiger partial charge in [0.1, 0.15) is 4.83 Å². The van der Waals surface area contributed by atoms with Crippen LogP contribution in [0.25, 0.3) is 15.9 Å². The molecule has 0 saturated heterocycles. The Kier molecular flexibility index (Phi) is 5.93. The number of fused-ring (bicyclic) bond motifs is 3. The van der Waals surface area contributed by atoms with Crippen LogP contribution in [0, 0.1) is 12.8 Å². The highest BCUT2D eigenvalue weighted by Crippen LogP contribution is 2.36. The molecule has 1 aliphatic heterocycles. The molecule has 0 aliphatic carbocycles. The van der Waals surface area contributed by atoms with Gasteiger partial charge in [-0.25, -0.2) is 4.98 Å². The Balaban J connectivity index is 1.68. The van der Waals surface area contributed by atoms with Crippen molar-refractivity contribution >= 4 is 33.3 Å². The third kappa shape index (κ3) is 3.91. The summed E-state index contributed by atoms with van der Waals surface area (Å²) in [4.78, 5) is 21.0. The third-order valence-electron chi connectivity index (χ3n) is 6.02. The molecule has 3 heterocycles. The summed E-state index contributed by atoms with van der Waals surface area (Å²) < 4.78 is 7.89. The number of hydrogen-bond acceptors (Lipinski definition) is 5. The van der Waals surface area contributed by atoms with Crippen LogP contribution in [0.15, 0.2) is 64.5 Å². The summed E-state index contributed by atoms with van der Waals surface area (Å²) in [5.74, 6) is 1.17. The zero-order valence-electron chi connectivity index (χ0n) is 18.5. The summed E-state index contributed by atoms with van der Waals surface area (Å²) >= 11 is 3.22. The molecule has 1 aliphatic rings. The number of thiophene rings is 1. The van der Waals surface area contributed by atoms with Gasteiger partial charge < -0.3 is 4.74 Å². The highest BCUT2D eigenvalue weighted by molar-refractivity contribution is 7.98. The maximum absolute atomic E-state index is 14.0. The topological polar surface area (TPSA) is 44.1 Å². The fourth-order valence-electron chi connectivity index (χ4n) is 4.18. The second-order valence-corrected chi connectivity index (χ2v) is 10.6. The maximum atomic E-state index is 14.0. The minimum absolute atomic E-state index is 0.0294. The number of aromatic nitrogens is 2. The Morgan fingerprint density at radius 2 is 1.91 bits per heavy atom. The van der Waals surface area contributed by atoms with E-state index in [2.05, 4.69) is 26.0 Å². The summed E-state index contributed by atoms with van der Waals surface area (Å²) in [5, 5.41) is 1.51. The van der Waals surface area contributed by atoms with Gasteiger partial charge in [-0.15, -0.1) is 11.3 Å². The number of para-hydroxylation sites is 1. The largest absolute Gasteiger partial charge is 0.372 e. The second-order valence-electron chi connectivity index (χ2n) is 8.58. The standard InChI is InChI=1S/C26H26N2O2S2/c1-16(2)21-13-19-22(14-30-21)32-24-23(19)25(29)28(20-12-8-7-9-17(20)3)26(27-24)31-15-18-10-5-4-6-11-18/h4-12,16,21H,13-15H2,1-3H3/t21-/m1/s1. The van der Waals surface area contributed by atoms with Crippen molar-refractivity contribution in [3.05, 3.63) is 86.5 Å².